The molecule has 30 heavy (non-hydrogen) atoms. The van der Waals surface area contributed by atoms with Gasteiger partial charge in [0.2, 0.25) is 5.95 Å². The van der Waals surface area contributed by atoms with Crippen LogP contribution < -0.4 is 4.90 Å². The van der Waals surface area contributed by atoms with E-state index in [9.17, 15) is 13.2 Å². The Balaban J connectivity index is 1.82. The van der Waals surface area contributed by atoms with Crippen molar-refractivity contribution in [3.8, 4) is 17.1 Å². The number of anilines is 1. The molecule has 0 unspecified atom stereocenters. The number of alkyl halides is 3. The smallest absolute Gasteiger partial charge is 0.377 e. The third-order valence-electron chi connectivity index (χ3n) is 4.72. The van der Waals surface area contributed by atoms with Crippen molar-refractivity contribution >= 4 is 17.5 Å². The predicted molar refractivity (Wildman–Crippen MR) is 102 cm³/mol. The summed E-state index contributed by atoms with van der Waals surface area (Å²) >= 11 is 5.89. The molecule has 4 rings (SSSR count). The first-order valence-electron chi connectivity index (χ1n) is 9.10. The lowest BCUT2D eigenvalue weighted by atomic mass is 10.1. The second-order valence-electron chi connectivity index (χ2n) is 6.96. The van der Waals surface area contributed by atoms with Crippen LogP contribution in [-0.4, -0.2) is 55.5 Å². The summed E-state index contributed by atoms with van der Waals surface area (Å²) in [6.45, 7) is 4.46. The quantitative estimate of drug-likeness (QED) is 0.618. The molecule has 8 nitrogen and oxygen atoms in total. The van der Waals surface area contributed by atoms with Gasteiger partial charge in [-0.15, -0.1) is 5.10 Å². The lowest BCUT2D eigenvalue weighted by Gasteiger charge is -2.38. The van der Waals surface area contributed by atoms with Gasteiger partial charge in [-0.2, -0.15) is 17.9 Å². The first-order valence-corrected chi connectivity index (χ1v) is 9.48. The highest BCUT2D eigenvalue weighted by molar-refractivity contribution is 6.30. The molecule has 0 aliphatic carbocycles. The molecule has 1 fully saturated rings. The standard InChI is InChI=1S/C18H17ClF3N7O/c1-10-8-30-9-11(2)28(10)17-23-7-14(15(24-17)18(20,21)22)16-25-26-27-29(16)13-5-3-12(19)4-6-13/h3-7,10-11H,8-9H2,1-2H3/t10-,11-/m1/s1. The molecule has 158 valence electrons. The first kappa shape index (κ1) is 20.5. The van der Waals surface area contributed by atoms with Gasteiger partial charge in [-0.1, -0.05) is 11.6 Å². The number of halogens is 4. The number of rotatable bonds is 3. The van der Waals surface area contributed by atoms with E-state index >= 15 is 0 Å². The van der Waals surface area contributed by atoms with Crippen LogP contribution in [0, 0.1) is 0 Å². The minimum absolute atomic E-state index is 0.0140. The van der Waals surface area contributed by atoms with Gasteiger partial charge in [0.25, 0.3) is 0 Å². The number of tetrazole rings is 1. The SMILES string of the molecule is C[C@@H]1COC[C@@H](C)N1c1ncc(-c2nnnn2-c2ccc(Cl)cc2)c(C(F)(F)F)n1. The topological polar surface area (TPSA) is 81.9 Å². The molecule has 0 spiro atoms. The zero-order valence-corrected chi connectivity index (χ0v) is 16.8. The summed E-state index contributed by atoms with van der Waals surface area (Å²) in [4.78, 5) is 9.82. The van der Waals surface area contributed by atoms with Gasteiger partial charge in [0.1, 0.15) is 0 Å². The minimum atomic E-state index is -4.73. The zero-order chi connectivity index (χ0) is 21.5. The minimum Gasteiger partial charge on any atom is -0.377 e. The van der Waals surface area contributed by atoms with E-state index in [2.05, 4.69) is 25.5 Å². The summed E-state index contributed by atoms with van der Waals surface area (Å²) in [6.07, 6.45) is -3.62. The van der Waals surface area contributed by atoms with Crippen molar-refractivity contribution in [3.05, 3.63) is 41.2 Å². The fourth-order valence-electron chi connectivity index (χ4n) is 3.39. The summed E-state index contributed by atoms with van der Waals surface area (Å²) in [6, 6.07) is 6.05. The molecule has 1 aliphatic heterocycles. The lowest BCUT2D eigenvalue weighted by molar-refractivity contribution is -0.140. The molecule has 0 amide bonds. The number of aromatic nitrogens is 6. The Labute approximate surface area is 174 Å². The van der Waals surface area contributed by atoms with Crippen molar-refractivity contribution < 1.29 is 17.9 Å². The van der Waals surface area contributed by atoms with Crippen molar-refractivity contribution in [1.82, 2.24) is 30.2 Å². The Hall–Kier alpha value is -2.79. The largest absolute Gasteiger partial charge is 0.434 e. The molecule has 0 saturated carbocycles. The fraction of sp³-hybridized carbons (Fsp3) is 0.389. The van der Waals surface area contributed by atoms with E-state index in [4.69, 9.17) is 16.3 Å². The van der Waals surface area contributed by atoms with Crippen LogP contribution in [0.25, 0.3) is 17.1 Å². The molecule has 3 aromatic rings. The maximum atomic E-state index is 13.9. The number of hydrogen-bond acceptors (Lipinski definition) is 7. The van der Waals surface area contributed by atoms with Crippen molar-refractivity contribution in [1.29, 1.82) is 0 Å². The predicted octanol–water partition coefficient (Wildman–Crippen LogP) is 3.41. The summed E-state index contributed by atoms with van der Waals surface area (Å²) in [5.74, 6) is -0.140. The molecular weight excluding hydrogens is 423 g/mol. The Bertz CT molecular complexity index is 1030. The third kappa shape index (κ3) is 3.82. The van der Waals surface area contributed by atoms with Crippen LogP contribution in [-0.2, 0) is 10.9 Å². The molecular formula is C18H17ClF3N7O. The summed E-state index contributed by atoms with van der Waals surface area (Å²) in [7, 11) is 0. The van der Waals surface area contributed by atoms with Crippen LogP contribution >= 0.6 is 11.6 Å². The van der Waals surface area contributed by atoms with Crippen LogP contribution in [0.5, 0.6) is 0 Å². The number of ether oxygens (including phenoxy) is 1. The van der Waals surface area contributed by atoms with Crippen molar-refractivity contribution in [2.75, 3.05) is 18.1 Å². The normalized spacial score (nSPS) is 19.9. The molecule has 1 saturated heterocycles. The van der Waals surface area contributed by atoms with Gasteiger partial charge in [-0.3, -0.25) is 0 Å². The van der Waals surface area contributed by atoms with E-state index in [1.165, 1.54) is 4.68 Å². The average molecular weight is 440 g/mol. The van der Waals surface area contributed by atoms with Crippen molar-refractivity contribution in [2.24, 2.45) is 0 Å². The van der Waals surface area contributed by atoms with Gasteiger partial charge in [0.05, 0.1) is 36.5 Å². The van der Waals surface area contributed by atoms with Gasteiger partial charge in [-0.05, 0) is 48.5 Å². The molecule has 0 radical (unpaired) electrons. The van der Waals surface area contributed by atoms with Crippen LogP contribution in [0.4, 0.5) is 19.1 Å². The zero-order valence-electron chi connectivity index (χ0n) is 16.0. The van der Waals surface area contributed by atoms with E-state index in [1.807, 2.05) is 13.8 Å². The van der Waals surface area contributed by atoms with E-state index in [0.717, 1.165) is 6.20 Å². The molecule has 3 heterocycles. The van der Waals surface area contributed by atoms with E-state index in [1.54, 1.807) is 29.2 Å². The van der Waals surface area contributed by atoms with E-state index in [0.29, 0.717) is 23.9 Å². The maximum Gasteiger partial charge on any atom is 0.434 e. The summed E-state index contributed by atoms with van der Waals surface area (Å²) in [5, 5.41) is 11.6. The maximum absolute atomic E-state index is 13.9. The Morgan fingerprint density at radius 2 is 1.77 bits per heavy atom. The molecule has 1 aliphatic rings. The highest BCUT2D eigenvalue weighted by atomic mass is 35.5. The highest BCUT2D eigenvalue weighted by Gasteiger charge is 2.39. The molecule has 12 heteroatoms. The van der Waals surface area contributed by atoms with Gasteiger partial charge in [-0.25, -0.2) is 9.97 Å². The first-order chi connectivity index (χ1) is 14.3. The van der Waals surface area contributed by atoms with Crippen LogP contribution in [0.15, 0.2) is 30.5 Å². The highest BCUT2D eigenvalue weighted by Crippen LogP contribution is 2.36. The van der Waals surface area contributed by atoms with Crippen molar-refractivity contribution in [2.45, 2.75) is 32.1 Å². The Kier molecular flexibility index (Phi) is 5.33. The average Bonchev–Trinajstić information content (AvgIpc) is 3.17. The Morgan fingerprint density at radius 3 is 2.40 bits per heavy atom. The van der Waals surface area contributed by atoms with Crippen molar-refractivity contribution in [3.63, 3.8) is 0 Å². The summed E-state index contributed by atoms with van der Waals surface area (Å²) in [5.41, 5.74) is -0.977. The molecule has 0 bridgehead atoms. The number of benzene rings is 1. The number of hydrogen-bond donors (Lipinski definition) is 0. The van der Waals surface area contributed by atoms with Crippen LogP contribution in [0.3, 0.4) is 0 Å². The fourth-order valence-corrected chi connectivity index (χ4v) is 3.51. The van der Waals surface area contributed by atoms with Gasteiger partial charge in [0.15, 0.2) is 11.5 Å². The van der Waals surface area contributed by atoms with Crippen LogP contribution in [0.1, 0.15) is 19.5 Å². The van der Waals surface area contributed by atoms with E-state index < -0.39 is 11.9 Å². The van der Waals surface area contributed by atoms with Gasteiger partial charge >= 0.3 is 6.18 Å². The molecule has 2 atom stereocenters. The summed E-state index contributed by atoms with van der Waals surface area (Å²) < 4.78 is 48.4. The molecule has 2 aromatic heterocycles. The Morgan fingerprint density at radius 1 is 1.10 bits per heavy atom. The van der Waals surface area contributed by atoms with Gasteiger partial charge in [0, 0.05) is 11.2 Å². The monoisotopic (exact) mass is 439 g/mol. The molecule has 0 N–H and O–H groups in total. The second kappa shape index (κ2) is 7.80. The second-order valence-corrected chi connectivity index (χ2v) is 7.40. The lowest BCUT2D eigenvalue weighted by Crippen LogP contribution is -2.50. The number of nitrogens with zero attached hydrogens (tertiary/aromatic N) is 7. The molecule has 1 aromatic carbocycles. The van der Waals surface area contributed by atoms with Gasteiger partial charge < -0.3 is 9.64 Å². The third-order valence-corrected chi connectivity index (χ3v) is 4.98. The van der Waals surface area contributed by atoms with E-state index in [-0.39, 0.29) is 29.4 Å². The van der Waals surface area contributed by atoms with Crippen LogP contribution in [0.2, 0.25) is 5.02 Å². The number of morpholine rings is 1.